The summed E-state index contributed by atoms with van der Waals surface area (Å²) in [5.74, 6) is 0.226. The predicted molar refractivity (Wildman–Crippen MR) is 78.5 cm³/mol. The third kappa shape index (κ3) is 13.5. The van der Waals surface area contributed by atoms with Crippen LogP contribution in [-0.2, 0) is 4.79 Å². The van der Waals surface area contributed by atoms with Crippen molar-refractivity contribution in [3.8, 4) is 0 Å². The molecule has 0 aliphatic rings. The molecule has 0 aromatic carbocycles. The van der Waals surface area contributed by atoms with Gasteiger partial charge in [-0.25, -0.2) is 0 Å². The first-order valence-electron chi connectivity index (χ1n) is 7.78. The standard InChI is InChI=1S/C15H32N2O/c1-2-3-4-5-6-9-12-15(18)17-14-11-8-7-10-13-16/h2-14,16H2,1H3,(H,17,18). The summed E-state index contributed by atoms with van der Waals surface area (Å²) in [5, 5.41) is 2.99. The van der Waals surface area contributed by atoms with Crippen LogP contribution in [0.25, 0.3) is 0 Å². The summed E-state index contributed by atoms with van der Waals surface area (Å²) in [5.41, 5.74) is 5.42. The molecule has 0 fully saturated rings. The van der Waals surface area contributed by atoms with Gasteiger partial charge in [0, 0.05) is 13.0 Å². The first-order chi connectivity index (χ1) is 8.81. The highest BCUT2D eigenvalue weighted by atomic mass is 16.1. The van der Waals surface area contributed by atoms with Crippen LogP contribution in [0, 0.1) is 0 Å². The highest BCUT2D eigenvalue weighted by molar-refractivity contribution is 5.75. The molecule has 3 nitrogen and oxygen atoms in total. The number of hydrogen-bond donors (Lipinski definition) is 2. The second-order valence-corrected chi connectivity index (χ2v) is 5.07. The van der Waals surface area contributed by atoms with Crippen LogP contribution in [0.1, 0.15) is 77.6 Å². The lowest BCUT2D eigenvalue weighted by atomic mass is 10.1. The molecule has 0 spiro atoms. The topological polar surface area (TPSA) is 55.1 Å². The molecule has 0 saturated heterocycles. The van der Waals surface area contributed by atoms with E-state index in [9.17, 15) is 4.79 Å². The molecule has 0 bridgehead atoms. The lowest BCUT2D eigenvalue weighted by molar-refractivity contribution is -0.121. The summed E-state index contributed by atoms with van der Waals surface area (Å²) in [6, 6.07) is 0. The van der Waals surface area contributed by atoms with Gasteiger partial charge >= 0.3 is 0 Å². The Morgan fingerprint density at radius 1 is 0.889 bits per heavy atom. The fourth-order valence-corrected chi connectivity index (χ4v) is 2.00. The van der Waals surface area contributed by atoms with Crippen LogP contribution in [-0.4, -0.2) is 19.0 Å². The van der Waals surface area contributed by atoms with E-state index in [1.165, 1.54) is 44.9 Å². The van der Waals surface area contributed by atoms with Crippen molar-refractivity contribution < 1.29 is 4.79 Å². The van der Waals surface area contributed by atoms with E-state index in [0.29, 0.717) is 6.42 Å². The van der Waals surface area contributed by atoms with Gasteiger partial charge in [0.05, 0.1) is 0 Å². The van der Waals surface area contributed by atoms with Crippen LogP contribution in [0.5, 0.6) is 0 Å². The number of nitrogens with one attached hydrogen (secondary N) is 1. The van der Waals surface area contributed by atoms with Crippen LogP contribution in [0.4, 0.5) is 0 Å². The quantitative estimate of drug-likeness (QED) is 0.496. The molecule has 0 radical (unpaired) electrons. The summed E-state index contributed by atoms with van der Waals surface area (Å²) in [6.45, 7) is 3.84. The Hall–Kier alpha value is -0.570. The van der Waals surface area contributed by atoms with E-state index in [1.807, 2.05) is 0 Å². The van der Waals surface area contributed by atoms with Gasteiger partial charge < -0.3 is 11.1 Å². The van der Waals surface area contributed by atoms with Crippen LogP contribution in [0.3, 0.4) is 0 Å². The van der Waals surface area contributed by atoms with Gasteiger partial charge in [0.2, 0.25) is 5.91 Å². The SMILES string of the molecule is CCCCCCCCC(=O)NCCCCCCN. The highest BCUT2D eigenvalue weighted by Gasteiger charge is 2.00. The Morgan fingerprint density at radius 2 is 1.50 bits per heavy atom. The minimum atomic E-state index is 0.226. The molecular weight excluding hydrogens is 224 g/mol. The van der Waals surface area contributed by atoms with Crippen molar-refractivity contribution in [1.82, 2.24) is 5.32 Å². The first kappa shape index (κ1) is 17.4. The van der Waals surface area contributed by atoms with E-state index in [0.717, 1.165) is 32.4 Å². The van der Waals surface area contributed by atoms with Crippen LogP contribution < -0.4 is 11.1 Å². The number of rotatable bonds is 13. The fraction of sp³-hybridized carbons (Fsp3) is 0.933. The third-order valence-electron chi connectivity index (χ3n) is 3.21. The van der Waals surface area contributed by atoms with Gasteiger partial charge in [-0.3, -0.25) is 4.79 Å². The maximum atomic E-state index is 11.5. The van der Waals surface area contributed by atoms with Crippen molar-refractivity contribution in [1.29, 1.82) is 0 Å². The zero-order valence-electron chi connectivity index (χ0n) is 12.2. The summed E-state index contributed by atoms with van der Waals surface area (Å²) in [7, 11) is 0. The van der Waals surface area contributed by atoms with E-state index in [4.69, 9.17) is 5.73 Å². The maximum absolute atomic E-state index is 11.5. The average Bonchev–Trinajstić information content (AvgIpc) is 2.38. The second kappa shape index (κ2) is 14.5. The van der Waals surface area contributed by atoms with Gasteiger partial charge in [-0.1, -0.05) is 51.9 Å². The molecule has 0 aromatic heterocycles. The van der Waals surface area contributed by atoms with Crippen LogP contribution >= 0.6 is 0 Å². The van der Waals surface area contributed by atoms with Crippen molar-refractivity contribution in [2.24, 2.45) is 5.73 Å². The number of carbonyl (C=O) groups is 1. The van der Waals surface area contributed by atoms with Crippen molar-refractivity contribution in [3.05, 3.63) is 0 Å². The number of amides is 1. The molecule has 0 atom stereocenters. The van der Waals surface area contributed by atoms with Crippen molar-refractivity contribution in [3.63, 3.8) is 0 Å². The predicted octanol–water partition coefficient (Wildman–Crippen LogP) is 3.37. The Morgan fingerprint density at radius 3 is 2.22 bits per heavy atom. The normalized spacial score (nSPS) is 10.6. The molecule has 0 rings (SSSR count). The van der Waals surface area contributed by atoms with Crippen LogP contribution in [0.15, 0.2) is 0 Å². The van der Waals surface area contributed by atoms with Gasteiger partial charge in [0.25, 0.3) is 0 Å². The Balaban J connectivity index is 3.12. The van der Waals surface area contributed by atoms with Gasteiger partial charge in [-0.15, -0.1) is 0 Å². The monoisotopic (exact) mass is 256 g/mol. The van der Waals surface area contributed by atoms with Gasteiger partial charge in [-0.2, -0.15) is 0 Å². The van der Waals surface area contributed by atoms with E-state index < -0.39 is 0 Å². The first-order valence-corrected chi connectivity index (χ1v) is 7.78. The van der Waals surface area contributed by atoms with Crippen molar-refractivity contribution >= 4 is 5.91 Å². The highest BCUT2D eigenvalue weighted by Crippen LogP contribution is 2.06. The van der Waals surface area contributed by atoms with Gasteiger partial charge in [0.15, 0.2) is 0 Å². The molecule has 0 aromatic rings. The second-order valence-electron chi connectivity index (χ2n) is 5.07. The third-order valence-corrected chi connectivity index (χ3v) is 3.21. The molecule has 0 aliphatic heterocycles. The molecule has 0 aliphatic carbocycles. The minimum absolute atomic E-state index is 0.226. The zero-order chi connectivity index (χ0) is 13.5. The molecule has 1 amide bonds. The lowest BCUT2D eigenvalue weighted by Gasteiger charge is -2.05. The molecule has 18 heavy (non-hydrogen) atoms. The zero-order valence-corrected chi connectivity index (χ0v) is 12.2. The summed E-state index contributed by atoms with van der Waals surface area (Å²) < 4.78 is 0. The molecule has 3 N–H and O–H groups in total. The van der Waals surface area contributed by atoms with Gasteiger partial charge in [0.1, 0.15) is 0 Å². The molecule has 0 heterocycles. The van der Waals surface area contributed by atoms with E-state index >= 15 is 0 Å². The summed E-state index contributed by atoms with van der Waals surface area (Å²) >= 11 is 0. The largest absolute Gasteiger partial charge is 0.356 e. The molecule has 0 saturated carbocycles. The van der Waals surface area contributed by atoms with E-state index in [1.54, 1.807) is 0 Å². The van der Waals surface area contributed by atoms with Crippen LogP contribution in [0.2, 0.25) is 0 Å². The number of carbonyl (C=O) groups excluding carboxylic acids is 1. The average molecular weight is 256 g/mol. The van der Waals surface area contributed by atoms with E-state index in [2.05, 4.69) is 12.2 Å². The minimum Gasteiger partial charge on any atom is -0.356 e. The van der Waals surface area contributed by atoms with E-state index in [-0.39, 0.29) is 5.91 Å². The lowest BCUT2D eigenvalue weighted by Crippen LogP contribution is -2.23. The van der Waals surface area contributed by atoms with Crippen molar-refractivity contribution in [2.45, 2.75) is 77.6 Å². The fourth-order valence-electron chi connectivity index (χ4n) is 2.00. The molecule has 108 valence electrons. The summed E-state index contributed by atoms with van der Waals surface area (Å²) in [6.07, 6.45) is 12.7. The number of nitrogens with two attached hydrogens (primary N) is 1. The molecule has 3 heteroatoms. The summed E-state index contributed by atoms with van der Waals surface area (Å²) in [4.78, 5) is 11.5. The van der Waals surface area contributed by atoms with Crippen molar-refractivity contribution in [2.75, 3.05) is 13.1 Å². The molecular formula is C15H32N2O. The number of hydrogen-bond acceptors (Lipinski definition) is 2. The maximum Gasteiger partial charge on any atom is 0.219 e. The Kier molecular flexibility index (Phi) is 14.0. The van der Waals surface area contributed by atoms with Gasteiger partial charge in [-0.05, 0) is 25.8 Å². The number of unbranched alkanes of at least 4 members (excludes halogenated alkanes) is 8. The Labute approximate surface area is 113 Å². The molecule has 0 unspecified atom stereocenters. The Bertz CT molecular complexity index is 165. The smallest absolute Gasteiger partial charge is 0.219 e.